The Balaban J connectivity index is 2.03. The topological polar surface area (TPSA) is 78.5 Å². The lowest BCUT2D eigenvalue weighted by atomic mass is 10.1. The number of carbonyl (C=O) groups is 3. The van der Waals surface area contributed by atoms with E-state index in [1.54, 1.807) is 6.07 Å². The Morgan fingerprint density at radius 1 is 1.32 bits per heavy atom. The van der Waals surface area contributed by atoms with Crippen molar-refractivity contribution < 1.29 is 14.4 Å². The summed E-state index contributed by atoms with van der Waals surface area (Å²) in [4.78, 5) is 37.0. The molecule has 0 aliphatic carbocycles. The molecule has 1 aliphatic heterocycles. The van der Waals surface area contributed by atoms with Gasteiger partial charge in [-0.05, 0) is 24.0 Å². The third-order valence-electron chi connectivity index (χ3n) is 3.70. The van der Waals surface area contributed by atoms with Gasteiger partial charge in [-0.15, -0.1) is 0 Å². The number of aryl methyl sites for hydroxylation is 1. The van der Waals surface area contributed by atoms with E-state index in [0.29, 0.717) is 5.69 Å². The molecule has 2 N–H and O–H groups in total. The standard InChI is InChI=1S/C16H21N3O3/c1-4-11-7-5-6-8-12(11)17-13(20)9-19-15(21)14(10(2)3)18-16(19)22/h5-8,10,14H,4,9H2,1-3H3,(H,17,20)(H,18,22). The van der Waals surface area contributed by atoms with E-state index in [-0.39, 0.29) is 24.3 Å². The molecule has 2 rings (SSSR count). The van der Waals surface area contributed by atoms with Crippen LogP contribution in [-0.4, -0.2) is 35.3 Å². The van der Waals surface area contributed by atoms with Gasteiger partial charge in [0.1, 0.15) is 12.6 Å². The first-order valence-electron chi connectivity index (χ1n) is 7.43. The molecule has 1 atom stereocenters. The maximum Gasteiger partial charge on any atom is 0.325 e. The zero-order chi connectivity index (χ0) is 16.3. The third-order valence-corrected chi connectivity index (χ3v) is 3.70. The first-order chi connectivity index (χ1) is 10.4. The van der Waals surface area contributed by atoms with E-state index >= 15 is 0 Å². The van der Waals surface area contributed by atoms with Crippen LogP contribution in [0.5, 0.6) is 0 Å². The molecule has 1 saturated heterocycles. The van der Waals surface area contributed by atoms with Crippen molar-refractivity contribution >= 4 is 23.5 Å². The van der Waals surface area contributed by atoms with Crippen LogP contribution in [0.1, 0.15) is 26.3 Å². The molecule has 0 radical (unpaired) electrons. The molecule has 1 unspecified atom stereocenters. The summed E-state index contributed by atoms with van der Waals surface area (Å²) in [7, 11) is 0. The van der Waals surface area contributed by atoms with Crippen molar-refractivity contribution in [2.75, 3.05) is 11.9 Å². The maximum absolute atomic E-state index is 12.1. The van der Waals surface area contributed by atoms with Crippen molar-refractivity contribution in [1.82, 2.24) is 10.2 Å². The minimum absolute atomic E-state index is 0.00896. The van der Waals surface area contributed by atoms with Crippen LogP contribution in [0.4, 0.5) is 10.5 Å². The van der Waals surface area contributed by atoms with E-state index < -0.39 is 12.1 Å². The summed E-state index contributed by atoms with van der Waals surface area (Å²) in [6.07, 6.45) is 0.787. The number of anilines is 1. The van der Waals surface area contributed by atoms with Gasteiger partial charge in [0.15, 0.2) is 0 Å². The number of rotatable bonds is 5. The van der Waals surface area contributed by atoms with Gasteiger partial charge in [-0.1, -0.05) is 39.0 Å². The van der Waals surface area contributed by atoms with Crippen LogP contribution in [0.2, 0.25) is 0 Å². The highest BCUT2D eigenvalue weighted by Crippen LogP contribution is 2.17. The van der Waals surface area contributed by atoms with Crippen LogP contribution in [0.25, 0.3) is 0 Å². The van der Waals surface area contributed by atoms with Crippen molar-refractivity contribution in [2.24, 2.45) is 5.92 Å². The average Bonchev–Trinajstić information content (AvgIpc) is 2.76. The highest BCUT2D eigenvalue weighted by atomic mass is 16.2. The molecule has 1 aliphatic rings. The Morgan fingerprint density at radius 3 is 2.59 bits per heavy atom. The van der Waals surface area contributed by atoms with E-state index in [1.165, 1.54) is 0 Å². The summed E-state index contributed by atoms with van der Waals surface area (Å²) in [5.74, 6) is -0.738. The molecular formula is C16H21N3O3. The molecule has 0 spiro atoms. The molecule has 4 amide bonds. The Morgan fingerprint density at radius 2 is 2.00 bits per heavy atom. The van der Waals surface area contributed by atoms with Crippen LogP contribution in [0, 0.1) is 5.92 Å². The van der Waals surface area contributed by atoms with Crippen LogP contribution < -0.4 is 10.6 Å². The van der Waals surface area contributed by atoms with Crippen molar-refractivity contribution in [3.05, 3.63) is 29.8 Å². The summed E-state index contributed by atoms with van der Waals surface area (Å²) >= 11 is 0. The van der Waals surface area contributed by atoms with Crippen molar-refractivity contribution in [3.8, 4) is 0 Å². The van der Waals surface area contributed by atoms with Crippen molar-refractivity contribution in [1.29, 1.82) is 0 Å². The number of hydrogen-bond acceptors (Lipinski definition) is 3. The maximum atomic E-state index is 12.1. The average molecular weight is 303 g/mol. The number of carbonyl (C=O) groups excluding carboxylic acids is 3. The predicted molar refractivity (Wildman–Crippen MR) is 83.3 cm³/mol. The first-order valence-corrected chi connectivity index (χ1v) is 7.43. The molecule has 1 aromatic rings. The molecule has 0 bridgehead atoms. The summed E-state index contributed by atoms with van der Waals surface area (Å²) < 4.78 is 0. The lowest BCUT2D eigenvalue weighted by Gasteiger charge is -2.15. The summed E-state index contributed by atoms with van der Waals surface area (Å²) in [5.41, 5.74) is 1.72. The SMILES string of the molecule is CCc1ccccc1NC(=O)CN1C(=O)NC(C(C)C)C1=O. The molecule has 6 nitrogen and oxygen atoms in total. The largest absolute Gasteiger partial charge is 0.326 e. The second-order valence-electron chi connectivity index (χ2n) is 5.65. The first kappa shape index (κ1) is 16.0. The summed E-state index contributed by atoms with van der Waals surface area (Å²) in [6, 6.07) is 6.40. The van der Waals surface area contributed by atoms with E-state index in [4.69, 9.17) is 0 Å². The van der Waals surface area contributed by atoms with Gasteiger partial charge in [0.25, 0.3) is 5.91 Å². The van der Waals surface area contributed by atoms with E-state index in [2.05, 4.69) is 10.6 Å². The molecular weight excluding hydrogens is 282 g/mol. The van der Waals surface area contributed by atoms with Gasteiger partial charge in [0, 0.05) is 5.69 Å². The number of urea groups is 1. The number of hydrogen-bond donors (Lipinski definition) is 2. The second-order valence-corrected chi connectivity index (χ2v) is 5.65. The Labute approximate surface area is 129 Å². The monoisotopic (exact) mass is 303 g/mol. The van der Waals surface area contributed by atoms with Crippen LogP contribution in [0.15, 0.2) is 24.3 Å². The normalized spacial score (nSPS) is 17.8. The van der Waals surface area contributed by atoms with Gasteiger partial charge in [-0.25, -0.2) is 4.79 Å². The lowest BCUT2D eigenvalue weighted by Crippen LogP contribution is -2.39. The Kier molecular flexibility index (Phi) is 4.80. The van der Waals surface area contributed by atoms with Gasteiger partial charge in [-0.3, -0.25) is 14.5 Å². The highest BCUT2D eigenvalue weighted by Gasteiger charge is 2.40. The van der Waals surface area contributed by atoms with Gasteiger partial charge in [-0.2, -0.15) is 0 Å². The number of nitrogens with one attached hydrogen (secondary N) is 2. The number of para-hydroxylation sites is 1. The summed E-state index contributed by atoms with van der Waals surface area (Å²) in [5, 5.41) is 5.36. The Hall–Kier alpha value is -2.37. The summed E-state index contributed by atoms with van der Waals surface area (Å²) in [6.45, 7) is 5.43. The smallest absolute Gasteiger partial charge is 0.325 e. The number of imide groups is 1. The fourth-order valence-corrected chi connectivity index (χ4v) is 2.43. The molecule has 22 heavy (non-hydrogen) atoms. The van der Waals surface area contributed by atoms with E-state index in [0.717, 1.165) is 16.9 Å². The molecule has 1 fully saturated rings. The minimum Gasteiger partial charge on any atom is -0.326 e. The van der Waals surface area contributed by atoms with Crippen LogP contribution in [0.3, 0.4) is 0 Å². The van der Waals surface area contributed by atoms with Gasteiger partial charge >= 0.3 is 6.03 Å². The fourth-order valence-electron chi connectivity index (χ4n) is 2.43. The molecule has 0 aromatic heterocycles. The van der Waals surface area contributed by atoms with Crippen LogP contribution in [-0.2, 0) is 16.0 Å². The zero-order valence-corrected chi connectivity index (χ0v) is 13.1. The predicted octanol–water partition coefficient (Wildman–Crippen LogP) is 1.76. The van der Waals surface area contributed by atoms with Gasteiger partial charge in [0.05, 0.1) is 0 Å². The third kappa shape index (κ3) is 3.27. The molecule has 1 aromatic carbocycles. The van der Waals surface area contributed by atoms with E-state index in [1.807, 2.05) is 39.0 Å². The lowest BCUT2D eigenvalue weighted by molar-refractivity contribution is -0.131. The quantitative estimate of drug-likeness (QED) is 0.814. The molecule has 1 heterocycles. The molecule has 118 valence electrons. The number of amides is 4. The molecule has 6 heteroatoms. The fraction of sp³-hybridized carbons (Fsp3) is 0.438. The highest BCUT2D eigenvalue weighted by molar-refractivity contribution is 6.08. The van der Waals surface area contributed by atoms with Crippen molar-refractivity contribution in [2.45, 2.75) is 33.2 Å². The number of nitrogens with zero attached hydrogens (tertiary/aromatic N) is 1. The second kappa shape index (κ2) is 6.60. The van der Waals surface area contributed by atoms with Gasteiger partial charge in [0.2, 0.25) is 5.91 Å². The van der Waals surface area contributed by atoms with E-state index in [9.17, 15) is 14.4 Å². The molecule has 0 saturated carbocycles. The zero-order valence-electron chi connectivity index (χ0n) is 13.1. The van der Waals surface area contributed by atoms with Gasteiger partial charge < -0.3 is 10.6 Å². The Bertz CT molecular complexity index is 598. The van der Waals surface area contributed by atoms with Crippen molar-refractivity contribution in [3.63, 3.8) is 0 Å². The minimum atomic E-state index is -0.553. The number of benzene rings is 1. The van der Waals surface area contributed by atoms with Crippen LogP contribution >= 0.6 is 0 Å².